The number of ether oxygens (including phenoxy) is 1. The van der Waals surface area contributed by atoms with Crippen molar-refractivity contribution in [1.29, 1.82) is 0 Å². The minimum Gasteiger partial charge on any atom is -0.391 e. The van der Waals surface area contributed by atoms with Gasteiger partial charge >= 0.3 is 0 Å². The van der Waals surface area contributed by atoms with E-state index in [0.717, 1.165) is 39.0 Å². The van der Waals surface area contributed by atoms with Gasteiger partial charge in [0.2, 0.25) is 0 Å². The molecule has 0 spiro atoms. The van der Waals surface area contributed by atoms with E-state index in [2.05, 4.69) is 5.32 Å². The maximum Gasteiger partial charge on any atom is 0.0722 e. The summed E-state index contributed by atoms with van der Waals surface area (Å²) in [5, 5.41) is 13.4. The highest BCUT2D eigenvalue weighted by Crippen LogP contribution is 2.23. The molecule has 13 heavy (non-hydrogen) atoms. The fourth-order valence-electron chi connectivity index (χ4n) is 2.39. The van der Waals surface area contributed by atoms with E-state index in [0.29, 0.717) is 12.0 Å². The van der Waals surface area contributed by atoms with Gasteiger partial charge in [-0.2, -0.15) is 0 Å². The molecule has 2 rings (SSSR count). The van der Waals surface area contributed by atoms with E-state index in [1.165, 1.54) is 6.42 Å². The lowest BCUT2D eigenvalue weighted by atomic mass is 9.89. The van der Waals surface area contributed by atoms with Crippen LogP contribution in [0.25, 0.3) is 0 Å². The Morgan fingerprint density at radius 3 is 2.62 bits per heavy atom. The van der Waals surface area contributed by atoms with Gasteiger partial charge in [-0.05, 0) is 38.1 Å². The predicted octanol–water partition coefficient (Wildman–Crippen LogP) is 0.526. The fourth-order valence-corrected chi connectivity index (χ4v) is 2.39. The van der Waals surface area contributed by atoms with Crippen LogP contribution in [0.1, 0.15) is 25.7 Å². The van der Waals surface area contributed by atoms with Crippen LogP contribution in [0.2, 0.25) is 0 Å². The first-order valence-electron chi connectivity index (χ1n) is 5.37. The minimum absolute atomic E-state index is 0.147. The van der Waals surface area contributed by atoms with E-state index in [1.807, 2.05) is 0 Å². The molecule has 76 valence electrons. The first-order chi connectivity index (χ1) is 6.38. The maximum absolute atomic E-state index is 10.1. The second kappa shape index (κ2) is 4.40. The molecule has 0 aromatic carbocycles. The molecule has 2 N–H and O–H groups in total. The first-order valence-corrected chi connectivity index (χ1v) is 5.37. The quantitative estimate of drug-likeness (QED) is 0.659. The molecular weight excluding hydrogens is 166 g/mol. The third-order valence-electron chi connectivity index (χ3n) is 3.26. The molecule has 2 heterocycles. The third-order valence-corrected chi connectivity index (χ3v) is 3.26. The highest BCUT2D eigenvalue weighted by atomic mass is 16.5. The molecule has 0 saturated carbocycles. The molecule has 2 atom stereocenters. The van der Waals surface area contributed by atoms with Crippen molar-refractivity contribution < 1.29 is 9.84 Å². The number of nitrogens with one attached hydrogen (secondary N) is 1. The molecule has 0 aromatic rings. The van der Waals surface area contributed by atoms with E-state index in [1.54, 1.807) is 0 Å². The number of aliphatic hydroxyl groups is 1. The molecule has 2 saturated heterocycles. The topological polar surface area (TPSA) is 41.5 Å². The molecule has 3 heteroatoms. The SMILES string of the molecule is OC(C1CCOCC1)C1CCCN1. The van der Waals surface area contributed by atoms with Crippen LogP contribution in [0.15, 0.2) is 0 Å². The summed E-state index contributed by atoms with van der Waals surface area (Å²) in [6.07, 6.45) is 4.26. The van der Waals surface area contributed by atoms with Crippen molar-refractivity contribution in [2.45, 2.75) is 37.8 Å². The van der Waals surface area contributed by atoms with Gasteiger partial charge < -0.3 is 15.2 Å². The van der Waals surface area contributed by atoms with Gasteiger partial charge in [-0.1, -0.05) is 0 Å². The van der Waals surface area contributed by atoms with Crippen LogP contribution < -0.4 is 5.32 Å². The monoisotopic (exact) mass is 185 g/mol. The second-order valence-corrected chi connectivity index (χ2v) is 4.14. The third kappa shape index (κ3) is 2.22. The van der Waals surface area contributed by atoms with E-state index in [4.69, 9.17) is 4.74 Å². The van der Waals surface area contributed by atoms with Crippen molar-refractivity contribution in [3.63, 3.8) is 0 Å². The van der Waals surface area contributed by atoms with Gasteiger partial charge in [-0.15, -0.1) is 0 Å². The van der Waals surface area contributed by atoms with Gasteiger partial charge in [0.1, 0.15) is 0 Å². The Morgan fingerprint density at radius 1 is 1.23 bits per heavy atom. The van der Waals surface area contributed by atoms with Crippen molar-refractivity contribution in [2.75, 3.05) is 19.8 Å². The molecule has 0 aromatic heterocycles. The zero-order valence-corrected chi connectivity index (χ0v) is 8.04. The summed E-state index contributed by atoms with van der Waals surface area (Å²) in [6.45, 7) is 2.73. The van der Waals surface area contributed by atoms with Gasteiger partial charge in [0.15, 0.2) is 0 Å². The lowest BCUT2D eigenvalue weighted by Gasteiger charge is -2.30. The highest BCUT2D eigenvalue weighted by Gasteiger charge is 2.30. The standard InChI is InChI=1S/C10H19NO2/c12-10(9-2-1-5-11-9)8-3-6-13-7-4-8/h8-12H,1-7H2. The van der Waals surface area contributed by atoms with Gasteiger partial charge in [0.05, 0.1) is 6.10 Å². The molecule has 2 fully saturated rings. The Bertz CT molecular complexity index is 151. The molecule has 3 nitrogen and oxygen atoms in total. The van der Waals surface area contributed by atoms with Gasteiger partial charge in [-0.25, -0.2) is 0 Å². The Kier molecular flexibility index (Phi) is 3.19. The normalized spacial score (nSPS) is 33.5. The summed E-state index contributed by atoms with van der Waals surface area (Å²) in [5.74, 6) is 0.462. The Hall–Kier alpha value is -0.120. The predicted molar refractivity (Wildman–Crippen MR) is 50.6 cm³/mol. The maximum atomic E-state index is 10.1. The number of aliphatic hydroxyl groups excluding tert-OH is 1. The Labute approximate surface area is 79.5 Å². The molecule has 0 radical (unpaired) electrons. The Balaban J connectivity index is 1.83. The number of hydrogen-bond donors (Lipinski definition) is 2. The molecular formula is C10H19NO2. The lowest BCUT2D eigenvalue weighted by Crippen LogP contribution is -2.41. The smallest absolute Gasteiger partial charge is 0.0722 e. The molecule has 0 aliphatic carbocycles. The van der Waals surface area contributed by atoms with Crippen LogP contribution in [0.4, 0.5) is 0 Å². The second-order valence-electron chi connectivity index (χ2n) is 4.14. The average Bonchev–Trinajstić information content (AvgIpc) is 2.71. The lowest BCUT2D eigenvalue weighted by molar-refractivity contribution is -0.00470. The van der Waals surface area contributed by atoms with Crippen LogP contribution in [0.3, 0.4) is 0 Å². The van der Waals surface area contributed by atoms with Gasteiger partial charge in [0.25, 0.3) is 0 Å². The summed E-state index contributed by atoms with van der Waals surface area (Å²) in [7, 11) is 0. The van der Waals surface area contributed by atoms with E-state index < -0.39 is 0 Å². The van der Waals surface area contributed by atoms with Crippen LogP contribution in [0.5, 0.6) is 0 Å². The molecule has 2 unspecified atom stereocenters. The van der Waals surface area contributed by atoms with Crippen LogP contribution in [-0.2, 0) is 4.74 Å². The average molecular weight is 185 g/mol. The van der Waals surface area contributed by atoms with Crippen molar-refractivity contribution >= 4 is 0 Å². The highest BCUT2D eigenvalue weighted by molar-refractivity contribution is 4.86. The number of rotatable bonds is 2. The minimum atomic E-state index is -0.147. The summed E-state index contributed by atoms with van der Waals surface area (Å²) < 4.78 is 5.28. The van der Waals surface area contributed by atoms with E-state index in [9.17, 15) is 5.11 Å². The summed E-state index contributed by atoms with van der Waals surface area (Å²) in [6, 6.07) is 0.350. The van der Waals surface area contributed by atoms with Gasteiger partial charge in [0, 0.05) is 19.3 Å². The van der Waals surface area contributed by atoms with Crippen LogP contribution in [0, 0.1) is 5.92 Å². The van der Waals surface area contributed by atoms with Crippen molar-refractivity contribution in [1.82, 2.24) is 5.32 Å². The number of hydrogen-bond acceptors (Lipinski definition) is 3. The molecule has 0 bridgehead atoms. The molecule has 0 amide bonds. The van der Waals surface area contributed by atoms with E-state index >= 15 is 0 Å². The van der Waals surface area contributed by atoms with Crippen molar-refractivity contribution in [2.24, 2.45) is 5.92 Å². The fraction of sp³-hybridized carbons (Fsp3) is 1.00. The summed E-state index contributed by atoms with van der Waals surface area (Å²) in [4.78, 5) is 0. The molecule has 2 aliphatic heterocycles. The van der Waals surface area contributed by atoms with Crippen LogP contribution in [-0.4, -0.2) is 37.0 Å². The zero-order chi connectivity index (χ0) is 9.10. The van der Waals surface area contributed by atoms with E-state index in [-0.39, 0.29) is 6.10 Å². The van der Waals surface area contributed by atoms with Crippen molar-refractivity contribution in [3.05, 3.63) is 0 Å². The largest absolute Gasteiger partial charge is 0.391 e. The first kappa shape index (κ1) is 9.44. The Morgan fingerprint density at radius 2 is 2.00 bits per heavy atom. The molecule has 2 aliphatic rings. The summed E-state index contributed by atoms with van der Waals surface area (Å²) in [5.41, 5.74) is 0. The zero-order valence-electron chi connectivity index (χ0n) is 8.04. The summed E-state index contributed by atoms with van der Waals surface area (Å²) >= 11 is 0. The van der Waals surface area contributed by atoms with Gasteiger partial charge in [-0.3, -0.25) is 0 Å². The van der Waals surface area contributed by atoms with Crippen molar-refractivity contribution in [3.8, 4) is 0 Å². The van der Waals surface area contributed by atoms with Crippen LogP contribution >= 0.6 is 0 Å².